The number of morpholine rings is 1. The summed E-state index contributed by atoms with van der Waals surface area (Å²) >= 11 is 3.43. The van der Waals surface area contributed by atoms with Gasteiger partial charge in [-0.25, -0.2) is 4.98 Å². The van der Waals surface area contributed by atoms with Crippen LogP contribution in [-0.4, -0.2) is 29.7 Å². The summed E-state index contributed by atoms with van der Waals surface area (Å²) in [6.07, 6.45) is 1.89. The van der Waals surface area contributed by atoms with E-state index in [1.807, 2.05) is 18.3 Å². The molecule has 2 heterocycles. The van der Waals surface area contributed by atoms with Gasteiger partial charge in [-0.15, -0.1) is 0 Å². The van der Waals surface area contributed by atoms with Crippen molar-refractivity contribution in [3.63, 3.8) is 0 Å². The molecular weight excluding hydrogens is 294 g/mol. The molecule has 1 unspecified atom stereocenters. The summed E-state index contributed by atoms with van der Waals surface area (Å²) in [5.41, 5.74) is 2.15. The number of aromatic nitrogens is 2. The molecule has 0 amide bonds. The Morgan fingerprint density at radius 1 is 1.28 bits per heavy atom. The first-order valence-electron chi connectivity index (χ1n) is 5.96. The highest BCUT2D eigenvalue weighted by Gasteiger charge is 2.18. The van der Waals surface area contributed by atoms with Crippen LogP contribution in [0.15, 0.2) is 34.9 Å². The number of ether oxygens (including phenoxy) is 1. The van der Waals surface area contributed by atoms with Crippen LogP contribution < -0.4 is 5.32 Å². The number of nitrogens with one attached hydrogen (secondary N) is 2. The Morgan fingerprint density at radius 3 is 2.83 bits per heavy atom. The number of H-pyrrole nitrogens is 1. The molecule has 5 heteroatoms. The van der Waals surface area contributed by atoms with Crippen LogP contribution in [0.3, 0.4) is 0 Å². The van der Waals surface area contributed by atoms with Crippen LogP contribution in [0.5, 0.6) is 0 Å². The van der Waals surface area contributed by atoms with Gasteiger partial charge >= 0.3 is 0 Å². The van der Waals surface area contributed by atoms with Gasteiger partial charge < -0.3 is 15.0 Å². The van der Waals surface area contributed by atoms with Crippen LogP contribution in [0.4, 0.5) is 0 Å². The maximum atomic E-state index is 5.67. The molecule has 2 N–H and O–H groups in total. The lowest BCUT2D eigenvalue weighted by molar-refractivity contribution is 0.0227. The van der Waals surface area contributed by atoms with Crippen LogP contribution in [0.2, 0.25) is 0 Å². The SMILES string of the molecule is Brc1ccc(-c2cnc(C3CNCCO3)[nH]2)cc1. The number of hydrogen-bond acceptors (Lipinski definition) is 3. The quantitative estimate of drug-likeness (QED) is 0.896. The van der Waals surface area contributed by atoms with Crippen molar-refractivity contribution in [2.24, 2.45) is 0 Å². The largest absolute Gasteiger partial charge is 0.368 e. The molecule has 18 heavy (non-hydrogen) atoms. The van der Waals surface area contributed by atoms with Crippen LogP contribution >= 0.6 is 15.9 Å². The number of halogens is 1. The predicted molar refractivity (Wildman–Crippen MR) is 73.3 cm³/mol. The lowest BCUT2D eigenvalue weighted by Crippen LogP contribution is -2.33. The predicted octanol–water partition coefficient (Wildman–Crippen LogP) is 2.50. The fourth-order valence-electron chi connectivity index (χ4n) is 2.02. The van der Waals surface area contributed by atoms with Crippen molar-refractivity contribution in [3.8, 4) is 11.3 Å². The summed E-state index contributed by atoms with van der Waals surface area (Å²) in [5, 5.41) is 3.30. The maximum absolute atomic E-state index is 5.67. The first-order valence-corrected chi connectivity index (χ1v) is 6.75. The topological polar surface area (TPSA) is 49.9 Å². The molecule has 0 aliphatic carbocycles. The number of aromatic amines is 1. The lowest BCUT2D eigenvalue weighted by atomic mass is 10.2. The molecule has 1 aliphatic rings. The van der Waals surface area contributed by atoms with Crippen molar-refractivity contribution in [2.45, 2.75) is 6.10 Å². The smallest absolute Gasteiger partial charge is 0.137 e. The number of hydrogen-bond donors (Lipinski definition) is 2. The maximum Gasteiger partial charge on any atom is 0.137 e. The summed E-state index contributed by atoms with van der Waals surface area (Å²) in [7, 11) is 0. The van der Waals surface area contributed by atoms with Crippen LogP contribution in [0.1, 0.15) is 11.9 Å². The summed E-state index contributed by atoms with van der Waals surface area (Å²) < 4.78 is 6.74. The van der Waals surface area contributed by atoms with Gasteiger partial charge in [0.2, 0.25) is 0 Å². The molecular formula is C13H14BrN3O. The van der Waals surface area contributed by atoms with E-state index in [1.165, 1.54) is 0 Å². The summed E-state index contributed by atoms with van der Waals surface area (Å²) in [5.74, 6) is 0.889. The monoisotopic (exact) mass is 307 g/mol. The molecule has 1 aliphatic heterocycles. The number of rotatable bonds is 2. The molecule has 1 aromatic heterocycles. The zero-order chi connectivity index (χ0) is 12.4. The lowest BCUT2D eigenvalue weighted by Gasteiger charge is -2.21. The molecule has 0 radical (unpaired) electrons. The van der Waals surface area contributed by atoms with Gasteiger partial charge in [0, 0.05) is 17.6 Å². The Hall–Kier alpha value is -1.17. The van der Waals surface area contributed by atoms with E-state index in [4.69, 9.17) is 4.74 Å². The summed E-state index contributed by atoms with van der Waals surface area (Å²) in [6, 6.07) is 8.16. The second kappa shape index (κ2) is 5.22. The molecule has 1 saturated heterocycles. The highest BCUT2D eigenvalue weighted by Crippen LogP contribution is 2.23. The third kappa shape index (κ3) is 2.48. The molecule has 0 bridgehead atoms. The van der Waals surface area contributed by atoms with Gasteiger partial charge in [0.25, 0.3) is 0 Å². The van der Waals surface area contributed by atoms with E-state index in [1.54, 1.807) is 0 Å². The Bertz CT molecular complexity index is 517. The third-order valence-corrected chi connectivity index (χ3v) is 3.51. The number of benzene rings is 1. The first kappa shape index (κ1) is 11.9. The van der Waals surface area contributed by atoms with Crippen molar-refractivity contribution in [1.29, 1.82) is 0 Å². The summed E-state index contributed by atoms with van der Waals surface area (Å²) in [4.78, 5) is 7.73. The molecule has 0 spiro atoms. The fraction of sp³-hybridized carbons (Fsp3) is 0.308. The minimum absolute atomic E-state index is 0.0305. The second-order valence-electron chi connectivity index (χ2n) is 4.25. The molecule has 94 valence electrons. The molecule has 1 aromatic carbocycles. The van der Waals surface area contributed by atoms with Crippen LogP contribution in [-0.2, 0) is 4.74 Å². The molecule has 2 aromatic rings. The normalized spacial score (nSPS) is 19.9. The van der Waals surface area contributed by atoms with E-state index in [-0.39, 0.29) is 6.10 Å². The molecule has 3 rings (SSSR count). The van der Waals surface area contributed by atoms with E-state index in [0.29, 0.717) is 0 Å². The van der Waals surface area contributed by atoms with Crippen molar-refractivity contribution in [3.05, 3.63) is 40.8 Å². The van der Waals surface area contributed by atoms with Crippen molar-refractivity contribution in [2.75, 3.05) is 19.7 Å². The minimum Gasteiger partial charge on any atom is -0.368 e. The Balaban J connectivity index is 1.82. The van der Waals surface area contributed by atoms with E-state index < -0.39 is 0 Å². The van der Waals surface area contributed by atoms with Gasteiger partial charge in [0.1, 0.15) is 11.9 Å². The first-order chi connectivity index (χ1) is 8.83. The molecule has 0 saturated carbocycles. The number of nitrogens with zero attached hydrogens (tertiary/aromatic N) is 1. The Kier molecular flexibility index (Phi) is 3.45. The average molecular weight is 308 g/mol. The van der Waals surface area contributed by atoms with E-state index in [0.717, 1.165) is 41.3 Å². The zero-order valence-electron chi connectivity index (χ0n) is 9.82. The third-order valence-electron chi connectivity index (χ3n) is 2.98. The average Bonchev–Trinajstić information content (AvgIpc) is 2.90. The van der Waals surface area contributed by atoms with E-state index in [9.17, 15) is 0 Å². The molecule has 1 fully saturated rings. The van der Waals surface area contributed by atoms with Gasteiger partial charge in [0.05, 0.1) is 18.5 Å². The van der Waals surface area contributed by atoms with E-state index in [2.05, 4.69) is 43.3 Å². The van der Waals surface area contributed by atoms with Crippen molar-refractivity contribution < 1.29 is 4.74 Å². The highest BCUT2D eigenvalue weighted by molar-refractivity contribution is 9.10. The van der Waals surface area contributed by atoms with Crippen molar-refractivity contribution in [1.82, 2.24) is 15.3 Å². The van der Waals surface area contributed by atoms with Crippen LogP contribution in [0, 0.1) is 0 Å². The Morgan fingerprint density at radius 2 is 2.11 bits per heavy atom. The van der Waals surface area contributed by atoms with Gasteiger partial charge in [0.15, 0.2) is 0 Å². The molecule has 1 atom stereocenters. The summed E-state index contributed by atoms with van der Waals surface area (Å²) in [6.45, 7) is 2.46. The van der Waals surface area contributed by atoms with Gasteiger partial charge in [-0.1, -0.05) is 28.1 Å². The van der Waals surface area contributed by atoms with Crippen molar-refractivity contribution >= 4 is 15.9 Å². The standard InChI is InChI=1S/C13H14BrN3O/c14-10-3-1-9(2-4-10)11-7-16-13(17-11)12-8-15-5-6-18-12/h1-4,7,12,15H,5-6,8H2,(H,16,17). The number of imidazole rings is 1. The van der Waals surface area contributed by atoms with E-state index >= 15 is 0 Å². The fourth-order valence-corrected chi connectivity index (χ4v) is 2.28. The molecule has 4 nitrogen and oxygen atoms in total. The second-order valence-corrected chi connectivity index (χ2v) is 5.17. The van der Waals surface area contributed by atoms with Gasteiger partial charge in [-0.2, -0.15) is 0 Å². The van der Waals surface area contributed by atoms with Gasteiger partial charge in [-0.05, 0) is 17.7 Å². The van der Waals surface area contributed by atoms with Gasteiger partial charge in [-0.3, -0.25) is 0 Å². The zero-order valence-corrected chi connectivity index (χ0v) is 11.4. The van der Waals surface area contributed by atoms with Crippen LogP contribution in [0.25, 0.3) is 11.3 Å². The Labute approximate surface area is 114 Å². The highest BCUT2D eigenvalue weighted by atomic mass is 79.9. The minimum atomic E-state index is 0.0305.